The molecule has 1 aliphatic rings. The zero-order valence-electron chi connectivity index (χ0n) is 18.6. The van der Waals surface area contributed by atoms with Crippen molar-refractivity contribution < 1.29 is 33.4 Å². The van der Waals surface area contributed by atoms with Gasteiger partial charge < -0.3 is 24.4 Å². The second-order valence-corrected chi connectivity index (χ2v) is 8.22. The van der Waals surface area contributed by atoms with Crippen molar-refractivity contribution in [1.82, 2.24) is 10.2 Å². The lowest BCUT2D eigenvalue weighted by molar-refractivity contribution is -0.145. The summed E-state index contributed by atoms with van der Waals surface area (Å²) >= 11 is 1.50. The predicted octanol–water partition coefficient (Wildman–Crippen LogP) is 2.05. The third-order valence-corrected chi connectivity index (χ3v) is 6.05. The molecule has 1 aromatic carbocycles. The zero-order chi connectivity index (χ0) is 23.5. The molecule has 1 saturated heterocycles. The highest BCUT2D eigenvalue weighted by Crippen LogP contribution is 2.42. The highest BCUT2D eigenvalue weighted by molar-refractivity contribution is 8.00. The van der Waals surface area contributed by atoms with Crippen molar-refractivity contribution in [1.29, 1.82) is 0 Å². The number of methoxy groups -OCH3 is 1. The number of thioether (sulfide) groups is 1. The second kappa shape index (κ2) is 12.9. The summed E-state index contributed by atoms with van der Waals surface area (Å²) in [6, 6.07) is 6.62. The molecule has 2 rings (SSSR count). The van der Waals surface area contributed by atoms with Gasteiger partial charge in [-0.1, -0.05) is 18.2 Å². The van der Waals surface area contributed by atoms with Crippen LogP contribution in [-0.4, -0.2) is 67.3 Å². The lowest BCUT2D eigenvalue weighted by atomic mass is 10.1. The Balaban J connectivity index is 1.98. The van der Waals surface area contributed by atoms with E-state index in [1.54, 1.807) is 17.9 Å². The highest BCUT2D eigenvalue weighted by Gasteiger charge is 2.34. The fourth-order valence-electron chi connectivity index (χ4n) is 3.38. The number of nitrogens with zero attached hydrogens (tertiary/aromatic N) is 1. The lowest BCUT2D eigenvalue weighted by Gasteiger charge is -2.26. The smallest absolute Gasteiger partial charge is 0.344 e. The summed E-state index contributed by atoms with van der Waals surface area (Å²) in [5, 5.41) is 2.36. The third kappa shape index (κ3) is 7.44. The number of unbranched alkanes of at least 4 members (excludes halogenated alkanes) is 1. The van der Waals surface area contributed by atoms with Crippen molar-refractivity contribution in [3.05, 3.63) is 29.8 Å². The van der Waals surface area contributed by atoms with Crippen LogP contribution in [0.25, 0.3) is 0 Å². The van der Waals surface area contributed by atoms with Gasteiger partial charge in [0.2, 0.25) is 11.8 Å². The van der Waals surface area contributed by atoms with Gasteiger partial charge in [-0.15, -0.1) is 11.8 Å². The lowest BCUT2D eigenvalue weighted by Crippen LogP contribution is -2.40. The minimum Gasteiger partial charge on any atom is -0.482 e. The molecular weight excluding hydrogens is 436 g/mol. The summed E-state index contributed by atoms with van der Waals surface area (Å²) in [4.78, 5) is 49.1. The van der Waals surface area contributed by atoms with Gasteiger partial charge in [0.15, 0.2) is 6.61 Å². The number of esters is 2. The van der Waals surface area contributed by atoms with Gasteiger partial charge in [0, 0.05) is 19.0 Å². The van der Waals surface area contributed by atoms with Gasteiger partial charge >= 0.3 is 11.9 Å². The molecule has 0 radical (unpaired) electrons. The molecule has 176 valence electrons. The van der Waals surface area contributed by atoms with Crippen LogP contribution in [0, 0.1) is 0 Å². The summed E-state index contributed by atoms with van der Waals surface area (Å²) in [6.45, 7) is 3.66. The van der Waals surface area contributed by atoms with Crippen molar-refractivity contribution in [2.45, 2.75) is 44.5 Å². The number of carbonyl (C=O) groups is 4. The average molecular weight is 467 g/mol. The minimum absolute atomic E-state index is 0.0200. The van der Waals surface area contributed by atoms with Crippen LogP contribution in [0.4, 0.5) is 0 Å². The third-order valence-electron chi connectivity index (χ3n) is 4.81. The number of carbonyl (C=O) groups excluding carboxylic acids is 4. The van der Waals surface area contributed by atoms with Crippen molar-refractivity contribution in [2.75, 3.05) is 32.6 Å². The van der Waals surface area contributed by atoms with E-state index in [4.69, 9.17) is 14.2 Å². The Morgan fingerprint density at radius 3 is 2.69 bits per heavy atom. The summed E-state index contributed by atoms with van der Waals surface area (Å²) in [7, 11) is 1.28. The number of benzene rings is 1. The van der Waals surface area contributed by atoms with Crippen LogP contribution in [0.15, 0.2) is 24.3 Å². The maximum Gasteiger partial charge on any atom is 0.344 e. The predicted molar refractivity (Wildman–Crippen MR) is 119 cm³/mol. The molecule has 0 aliphatic carbocycles. The SMILES string of the molecule is CCOC(=O)COc1ccccc1C1SCC(=O)N1CCCCC(NC(C)=O)C(=O)OC. The fraction of sp³-hybridized carbons (Fsp3) is 0.545. The molecule has 10 heteroatoms. The molecule has 2 amide bonds. The van der Waals surface area contributed by atoms with Crippen molar-refractivity contribution in [3.63, 3.8) is 0 Å². The largest absolute Gasteiger partial charge is 0.482 e. The number of ether oxygens (including phenoxy) is 3. The van der Waals surface area contributed by atoms with E-state index >= 15 is 0 Å². The van der Waals surface area contributed by atoms with Crippen molar-refractivity contribution in [3.8, 4) is 5.75 Å². The fourth-order valence-corrected chi connectivity index (χ4v) is 4.62. The van der Waals surface area contributed by atoms with Gasteiger partial charge in [0.05, 0.1) is 19.5 Å². The van der Waals surface area contributed by atoms with Gasteiger partial charge in [0.1, 0.15) is 17.2 Å². The Labute approximate surface area is 192 Å². The summed E-state index contributed by atoms with van der Waals surface area (Å²) < 4.78 is 15.3. The van der Waals surface area contributed by atoms with Crippen LogP contribution in [-0.2, 0) is 28.7 Å². The van der Waals surface area contributed by atoms with E-state index < -0.39 is 18.0 Å². The van der Waals surface area contributed by atoms with E-state index in [0.717, 1.165) is 5.56 Å². The first-order valence-electron chi connectivity index (χ1n) is 10.5. The summed E-state index contributed by atoms with van der Waals surface area (Å²) in [5.41, 5.74) is 0.818. The number of para-hydroxylation sites is 1. The number of hydrogen-bond donors (Lipinski definition) is 1. The highest BCUT2D eigenvalue weighted by atomic mass is 32.2. The Bertz CT molecular complexity index is 817. The number of rotatable bonds is 12. The first-order valence-corrected chi connectivity index (χ1v) is 11.6. The quantitative estimate of drug-likeness (QED) is 0.368. The molecule has 0 saturated carbocycles. The molecule has 0 aromatic heterocycles. The standard InChI is InChI=1S/C22H30N2O7S/c1-4-30-20(27)13-31-18-11-6-5-9-16(18)21-24(19(26)14-32-21)12-8-7-10-17(22(28)29-3)23-15(2)25/h5-6,9,11,17,21H,4,7-8,10,12-14H2,1-3H3,(H,23,25). The molecule has 1 aliphatic heterocycles. The maximum absolute atomic E-state index is 12.5. The van der Waals surface area contributed by atoms with E-state index in [1.807, 2.05) is 18.2 Å². The molecule has 1 N–H and O–H groups in total. The van der Waals surface area contributed by atoms with Crippen LogP contribution in [0.5, 0.6) is 5.75 Å². The van der Waals surface area contributed by atoms with Crippen LogP contribution >= 0.6 is 11.8 Å². The minimum atomic E-state index is -0.700. The Morgan fingerprint density at radius 2 is 2.00 bits per heavy atom. The number of hydrogen-bond acceptors (Lipinski definition) is 8. The van der Waals surface area contributed by atoms with Crippen LogP contribution in [0.3, 0.4) is 0 Å². The molecule has 2 atom stereocenters. The Hall–Kier alpha value is -2.75. The molecular formula is C22H30N2O7S. The average Bonchev–Trinajstić information content (AvgIpc) is 3.14. The molecule has 1 aromatic rings. The summed E-state index contributed by atoms with van der Waals surface area (Å²) in [5.74, 6) is -0.327. The van der Waals surface area contributed by atoms with E-state index in [0.29, 0.717) is 37.3 Å². The Morgan fingerprint density at radius 1 is 1.25 bits per heavy atom. The van der Waals surface area contributed by atoms with Gasteiger partial charge in [-0.05, 0) is 32.3 Å². The normalized spacial score (nSPS) is 16.4. The van der Waals surface area contributed by atoms with Crippen molar-refractivity contribution >= 4 is 35.5 Å². The van der Waals surface area contributed by atoms with E-state index in [-0.39, 0.29) is 30.4 Å². The molecule has 1 heterocycles. The second-order valence-electron chi connectivity index (χ2n) is 7.15. The van der Waals surface area contributed by atoms with Crippen LogP contribution in [0.2, 0.25) is 0 Å². The first-order chi connectivity index (χ1) is 15.4. The van der Waals surface area contributed by atoms with E-state index in [2.05, 4.69) is 5.32 Å². The van der Waals surface area contributed by atoms with Gasteiger partial charge in [0.25, 0.3) is 0 Å². The molecule has 32 heavy (non-hydrogen) atoms. The monoisotopic (exact) mass is 466 g/mol. The van der Waals surface area contributed by atoms with Crippen LogP contribution < -0.4 is 10.1 Å². The number of amides is 2. The van der Waals surface area contributed by atoms with Crippen LogP contribution in [0.1, 0.15) is 44.0 Å². The van der Waals surface area contributed by atoms with E-state index in [1.165, 1.54) is 25.8 Å². The van der Waals surface area contributed by atoms with Gasteiger partial charge in [-0.2, -0.15) is 0 Å². The maximum atomic E-state index is 12.5. The first kappa shape index (κ1) is 25.5. The van der Waals surface area contributed by atoms with E-state index in [9.17, 15) is 19.2 Å². The molecule has 0 bridgehead atoms. The molecule has 2 unspecified atom stereocenters. The molecule has 9 nitrogen and oxygen atoms in total. The topological polar surface area (TPSA) is 111 Å². The summed E-state index contributed by atoms with van der Waals surface area (Å²) in [6.07, 6.45) is 1.70. The zero-order valence-corrected chi connectivity index (χ0v) is 19.4. The molecule has 0 spiro atoms. The molecule has 1 fully saturated rings. The number of nitrogens with one attached hydrogen (secondary N) is 1. The van der Waals surface area contributed by atoms with Crippen molar-refractivity contribution in [2.24, 2.45) is 0 Å². The van der Waals surface area contributed by atoms with Gasteiger partial charge in [-0.25, -0.2) is 9.59 Å². The Kier molecular flexibility index (Phi) is 10.3. The van der Waals surface area contributed by atoms with Gasteiger partial charge in [-0.3, -0.25) is 9.59 Å².